The highest BCUT2D eigenvalue weighted by Gasteiger charge is 2.27. The molecule has 1 N–H and O–H groups in total. The highest BCUT2D eigenvalue weighted by atomic mass is 16.6. The molecule has 0 spiro atoms. The molecule has 0 fully saturated rings. The Balaban J connectivity index is 1.72. The van der Waals surface area contributed by atoms with Gasteiger partial charge in [-0.1, -0.05) is 18.2 Å². The second-order valence-corrected chi connectivity index (χ2v) is 5.23. The van der Waals surface area contributed by atoms with E-state index in [0.717, 1.165) is 16.8 Å². The Kier molecular flexibility index (Phi) is 3.52. The Morgan fingerprint density at radius 2 is 1.76 bits per heavy atom. The quantitative estimate of drug-likeness (QED) is 0.921. The lowest BCUT2D eigenvalue weighted by molar-refractivity contribution is -0.125. The Morgan fingerprint density at radius 3 is 2.48 bits per heavy atom. The van der Waals surface area contributed by atoms with Gasteiger partial charge in [-0.3, -0.25) is 4.79 Å². The van der Waals surface area contributed by atoms with Crippen LogP contribution in [0, 0.1) is 13.8 Å². The van der Waals surface area contributed by atoms with Gasteiger partial charge in [0.1, 0.15) is 6.61 Å². The zero-order valence-corrected chi connectivity index (χ0v) is 12.1. The SMILES string of the molecule is Cc1cc(C)cc(NC(=O)[C@H]2COc3ccccc3O2)c1. The maximum atomic E-state index is 12.3. The van der Waals surface area contributed by atoms with Crippen LogP contribution in [0.2, 0.25) is 0 Å². The maximum absolute atomic E-state index is 12.3. The number of hydrogen-bond acceptors (Lipinski definition) is 3. The van der Waals surface area contributed by atoms with Crippen molar-refractivity contribution in [2.75, 3.05) is 11.9 Å². The Morgan fingerprint density at radius 1 is 1.10 bits per heavy atom. The fraction of sp³-hybridized carbons (Fsp3) is 0.235. The first kappa shape index (κ1) is 13.5. The zero-order chi connectivity index (χ0) is 14.8. The van der Waals surface area contributed by atoms with E-state index in [-0.39, 0.29) is 12.5 Å². The van der Waals surface area contributed by atoms with Crippen molar-refractivity contribution in [1.82, 2.24) is 0 Å². The van der Waals surface area contributed by atoms with Crippen LogP contribution in [0.15, 0.2) is 42.5 Å². The van der Waals surface area contributed by atoms with Crippen LogP contribution in [0.25, 0.3) is 0 Å². The minimum absolute atomic E-state index is 0.200. The van der Waals surface area contributed by atoms with Gasteiger partial charge >= 0.3 is 0 Å². The van der Waals surface area contributed by atoms with Crippen LogP contribution < -0.4 is 14.8 Å². The number of nitrogens with one attached hydrogen (secondary N) is 1. The van der Waals surface area contributed by atoms with E-state index in [4.69, 9.17) is 9.47 Å². The second kappa shape index (κ2) is 5.48. The molecule has 0 radical (unpaired) electrons. The largest absolute Gasteiger partial charge is 0.485 e. The molecule has 2 aromatic rings. The number of anilines is 1. The highest BCUT2D eigenvalue weighted by molar-refractivity contribution is 5.94. The number of carbonyl (C=O) groups excluding carboxylic acids is 1. The first-order chi connectivity index (χ1) is 10.1. The lowest BCUT2D eigenvalue weighted by Gasteiger charge is -2.25. The fourth-order valence-corrected chi connectivity index (χ4v) is 2.42. The molecular weight excluding hydrogens is 266 g/mol. The number of rotatable bonds is 2. The molecule has 3 rings (SSSR count). The van der Waals surface area contributed by atoms with Gasteiger partial charge in [-0.25, -0.2) is 0 Å². The molecule has 4 nitrogen and oxygen atoms in total. The summed E-state index contributed by atoms with van der Waals surface area (Å²) in [5.41, 5.74) is 2.99. The van der Waals surface area contributed by atoms with Gasteiger partial charge < -0.3 is 14.8 Å². The van der Waals surface area contributed by atoms with Crippen molar-refractivity contribution in [3.8, 4) is 11.5 Å². The molecule has 1 aliphatic heterocycles. The fourth-order valence-electron chi connectivity index (χ4n) is 2.42. The molecule has 1 atom stereocenters. The predicted octanol–water partition coefficient (Wildman–Crippen LogP) is 3.08. The summed E-state index contributed by atoms with van der Waals surface area (Å²) < 4.78 is 11.2. The molecule has 2 aromatic carbocycles. The number of fused-ring (bicyclic) bond motifs is 1. The molecule has 1 amide bonds. The van der Waals surface area contributed by atoms with Gasteiger partial charge in [0, 0.05) is 5.69 Å². The van der Waals surface area contributed by atoms with Crippen molar-refractivity contribution in [1.29, 1.82) is 0 Å². The normalized spacial score (nSPS) is 16.4. The van der Waals surface area contributed by atoms with Gasteiger partial charge in [-0.05, 0) is 49.2 Å². The van der Waals surface area contributed by atoms with Crippen LogP contribution in [0.5, 0.6) is 11.5 Å². The molecule has 4 heteroatoms. The summed E-state index contributed by atoms with van der Waals surface area (Å²) in [5.74, 6) is 1.08. The molecule has 1 aliphatic rings. The third kappa shape index (κ3) is 2.99. The number of carbonyl (C=O) groups is 1. The van der Waals surface area contributed by atoms with E-state index in [9.17, 15) is 4.79 Å². The van der Waals surface area contributed by atoms with Crippen molar-refractivity contribution in [3.63, 3.8) is 0 Å². The van der Waals surface area contributed by atoms with E-state index >= 15 is 0 Å². The average molecular weight is 283 g/mol. The molecule has 21 heavy (non-hydrogen) atoms. The predicted molar refractivity (Wildman–Crippen MR) is 80.9 cm³/mol. The molecular formula is C17H17NO3. The molecule has 0 unspecified atom stereocenters. The molecule has 1 heterocycles. The van der Waals surface area contributed by atoms with Gasteiger partial charge in [0.15, 0.2) is 11.5 Å². The van der Waals surface area contributed by atoms with Crippen LogP contribution in [0.1, 0.15) is 11.1 Å². The average Bonchev–Trinajstić information content (AvgIpc) is 2.45. The summed E-state index contributed by atoms with van der Waals surface area (Å²) in [6, 6.07) is 13.3. The minimum atomic E-state index is -0.638. The Hall–Kier alpha value is -2.49. The van der Waals surface area contributed by atoms with Crippen molar-refractivity contribution >= 4 is 11.6 Å². The molecule has 0 aromatic heterocycles. The lowest BCUT2D eigenvalue weighted by atomic mass is 10.1. The lowest BCUT2D eigenvalue weighted by Crippen LogP contribution is -2.40. The third-order valence-corrected chi connectivity index (χ3v) is 3.29. The summed E-state index contributed by atoms with van der Waals surface area (Å²) in [6.45, 7) is 4.21. The topological polar surface area (TPSA) is 47.6 Å². The number of ether oxygens (including phenoxy) is 2. The maximum Gasteiger partial charge on any atom is 0.269 e. The molecule has 108 valence electrons. The Bertz CT molecular complexity index is 661. The number of amides is 1. The summed E-state index contributed by atoms with van der Waals surface area (Å²) in [4.78, 5) is 12.3. The highest BCUT2D eigenvalue weighted by Crippen LogP contribution is 2.31. The first-order valence-electron chi connectivity index (χ1n) is 6.89. The van der Waals surface area contributed by atoms with E-state index in [1.165, 1.54) is 0 Å². The van der Waals surface area contributed by atoms with Gasteiger partial charge in [-0.2, -0.15) is 0 Å². The second-order valence-electron chi connectivity index (χ2n) is 5.23. The van der Waals surface area contributed by atoms with Crippen LogP contribution in [0.4, 0.5) is 5.69 Å². The van der Waals surface area contributed by atoms with E-state index in [0.29, 0.717) is 11.5 Å². The zero-order valence-electron chi connectivity index (χ0n) is 12.1. The van der Waals surface area contributed by atoms with Gasteiger partial charge in [0.25, 0.3) is 5.91 Å². The summed E-state index contributed by atoms with van der Waals surface area (Å²) in [6.07, 6.45) is -0.638. The van der Waals surface area contributed by atoms with E-state index in [2.05, 4.69) is 11.4 Å². The number of aryl methyl sites for hydroxylation is 2. The molecule has 0 saturated heterocycles. The van der Waals surface area contributed by atoms with Gasteiger partial charge in [-0.15, -0.1) is 0 Å². The first-order valence-corrected chi connectivity index (χ1v) is 6.89. The van der Waals surface area contributed by atoms with Crippen LogP contribution >= 0.6 is 0 Å². The molecule has 0 saturated carbocycles. The van der Waals surface area contributed by atoms with Crippen LogP contribution in [-0.2, 0) is 4.79 Å². The van der Waals surface area contributed by atoms with E-state index in [1.807, 2.05) is 44.2 Å². The number of hydrogen-bond donors (Lipinski definition) is 1. The monoisotopic (exact) mass is 283 g/mol. The van der Waals surface area contributed by atoms with Gasteiger partial charge in [0.2, 0.25) is 6.10 Å². The Labute approximate surface area is 123 Å². The third-order valence-electron chi connectivity index (χ3n) is 3.29. The van der Waals surface area contributed by atoms with Crippen molar-refractivity contribution < 1.29 is 14.3 Å². The van der Waals surface area contributed by atoms with E-state index in [1.54, 1.807) is 6.07 Å². The molecule has 0 bridgehead atoms. The van der Waals surface area contributed by atoms with Crippen molar-refractivity contribution in [2.24, 2.45) is 0 Å². The van der Waals surface area contributed by atoms with Crippen LogP contribution in [-0.4, -0.2) is 18.6 Å². The summed E-state index contributed by atoms with van der Waals surface area (Å²) in [7, 11) is 0. The van der Waals surface area contributed by atoms with Crippen molar-refractivity contribution in [2.45, 2.75) is 20.0 Å². The smallest absolute Gasteiger partial charge is 0.269 e. The van der Waals surface area contributed by atoms with Crippen LogP contribution in [0.3, 0.4) is 0 Å². The number of benzene rings is 2. The summed E-state index contributed by atoms with van der Waals surface area (Å²) in [5, 5.41) is 2.88. The summed E-state index contributed by atoms with van der Waals surface area (Å²) >= 11 is 0. The minimum Gasteiger partial charge on any atom is -0.485 e. The standard InChI is InChI=1S/C17H17NO3/c1-11-7-12(2)9-13(8-11)18-17(19)16-10-20-14-5-3-4-6-15(14)21-16/h3-9,16H,10H2,1-2H3,(H,18,19)/t16-/m1/s1. The van der Waals surface area contributed by atoms with E-state index < -0.39 is 6.10 Å². The number of para-hydroxylation sites is 2. The van der Waals surface area contributed by atoms with Gasteiger partial charge in [0.05, 0.1) is 0 Å². The molecule has 0 aliphatic carbocycles. The van der Waals surface area contributed by atoms with Crippen molar-refractivity contribution in [3.05, 3.63) is 53.6 Å².